The maximum absolute atomic E-state index is 11.3. The smallest absolute Gasteiger partial charge is 0.266 e. The number of aldehydes is 1. The highest BCUT2D eigenvalue weighted by Crippen LogP contribution is 2.07. The highest BCUT2D eigenvalue weighted by molar-refractivity contribution is 5.98. The van der Waals surface area contributed by atoms with Crippen molar-refractivity contribution in [1.29, 1.82) is 0 Å². The molecule has 0 radical (unpaired) electrons. The van der Waals surface area contributed by atoms with E-state index in [0.717, 1.165) is 0 Å². The first-order chi connectivity index (χ1) is 6.79. The predicted molar refractivity (Wildman–Crippen MR) is 50.8 cm³/mol. The van der Waals surface area contributed by atoms with E-state index in [0.29, 0.717) is 6.29 Å². The second-order valence-electron chi connectivity index (χ2n) is 2.52. The Kier molecular flexibility index (Phi) is 5.50. The van der Waals surface area contributed by atoms with Gasteiger partial charge in [0.05, 0.1) is 6.54 Å². The number of hydrogen-bond donors (Lipinski definition) is 2. The van der Waals surface area contributed by atoms with Gasteiger partial charge in [-0.15, -0.1) is 0 Å². The summed E-state index contributed by atoms with van der Waals surface area (Å²) in [5.41, 5.74) is 0.417. The van der Waals surface area contributed by atoms with Gasteiger partial charge in [0.25, 0.3) is 11.6 Å². The van der Waals surface area contributed by atoms with Crippen LogP contribution in [0.2, 0.25) is 0 Å². The van der Waals surface area contributed by atoms with Crippen LogP contribution in [0.3, 0.4) is 0 Å². The third-order valence-corrected chi connectivity index (χ3v) is 1.63. The highest BCUT2D eigenvalue weighted by atomic mass is 16.3. The third-order valence-electron chi connectivity index (χ3n) is 1.63. The number of benzene rings is 1. The van der Waals surface area contributed by atoms with Crippen molar-refractivity contribution in [3.05, 3.63) is 34.7 Å². The maximum atomic E-state index is 11.3. The number of nitrogens with one attached hydrogen (secondary N) is 2. The molecule has 1 amide bonds. The van der Waals surface area contributed by atoms with Crippen molar-refractivity contribution < 1.29 is 20.2 Å². The molecule has 0 saturated heterocycles. The zero-order valence-electron chi connectivity index (χ0n) is 7.77. The molecule has 6 nitrogen and oxygen atoms in total. The van der Waals surface area contributed by atoms with Crippen LogP contribution in [0, 0.1) is 4.91 Å². The summed E-state index contributed by atoms with van der Waals surface area (Å²) in [6.45, 7) is -0.0635. The average molecular weight is 210 g/mol. The van der Waals surface area contributed by atoms with Crippen LogP contribution < -0.4 is 10.5 Å². The molecule has 0 heterocycles. The van der Waals surface area contributed by atoms with Gasteiger partial charge in [0.2, 0.25) is 0 Å². The molecule has 0 atom stereocenters. The van der Waals surface area contributed by atoms with Crippen molar-refractivity contribution >= 4 is 17.9 Å². The molecule has 1 rings (SSSR count). The molecule has 15 heavy (non-hydrogen) atoms. The summed E-state index contributed by atoms with van der Waals surface area (Å²) in [4.78, 5) is 31.8. The van der Waals surface area contributed by atoms with E-state index in [-0.39, 0.29) is 23.3 Å². The summed E-state index contributed by atoms with van der Waals surface area (Å²) < 4.78 is 0. The quantitative estimate of drug-likeness (QED) is 0.616. The lowest BCUT2D eigenvalue weighted by Gasteiger charge is -1.99. The molecular weight excluding hydrogens is 200 g/mol. The van der Waals surface area contributed by atoms with E-state index in [9.17, 15) is 14.5 Å². The summed E-state index contributed by atoms with van der Waals surface area (Å²) in [7, 11) is 0. The number of nitroso groups, excluding NO2 is 1. The lowest BCUT2D eigenvalue weighted by atomic mass is 10.1. The van der Waals surface area contributed by atoms with E-state index >= 15 is 0 Å². The van der Waals surface area contributed by atoms with E-state index < -0.39 is 5.91 Å². The van der Waals surface area contributed by atoms with Gasteiger partial charge < -0.3 is 15.6 Å². The minimum Gasteiger partial charge on any atom is -0.870 e. The lowest BCUT2D eigenvalue weighted by Crippen LogP contribution is -2.57. The summed E-state index contributed by atoms with van der Waals surface area (Å²) in [6.07, 6.45) is 0.575. The summed E-state index contributed by atoms with van der Waals surface area (Å²) in [5.74, 6) is -0.448. The molecule has 0 saturated carbocycles. The Morgan fingerprint density at radius 2 is 2.07 bits per heavy atom. The molecule has 0 aliphatic carbocycles. The van der Waals surface area contributed by atoms with Crippen molar-refractivity contribution in [2.75, 3.05) is 6.54 Å². The number of carbonyl (C=O) groups is 2. The van der Waals surface area contributed by atoms with Gasteiger partial charge >= 0.3 is 0 Å². The second kappa shape index (κ2) is 6.39. The molecule has 1 aromatic rings. The Bertz CT molecular complexity index is 365. The first-order valence-corrected chi connectivity index (χ1v) is 3.98. The summed E-state index contributed by atoms with van der Waals surface area (Å²) in [5, 5.41) is 3.99. The van der Waals surface area contributed by atoms with Crippen LogP contribution in [0.15, 0.2) is 24.3 Å². The first kappa shape index (κ1) is 12.9. The van der Waals surface area contributed by atoms with Gasteiger partial charge in [0.1, 0.15) is 11.8 Å². The fourth-order valence-electron chi connectivity index (χ4n) is 1.000. The lowest BCUT2D eigenvalue weighted by molar-refractivity contribution is -0.379. The molecule has 3 N–H and O–H groups in total. The van der Waals surface area contributed by atoms with E-state index in [2.05, 4.69) is 5.32 Å². The van der Waals surface area contributed by atoms with Crippen molar-refractivity contribution in [2.45, 2.75) is 0 Å². The van der Waals surface area contributed by atoms with Gasteiger partial charge in [0.15, 0.2) is 0 Å². The minimum absolute atomic E-state index is 0. The highest BCUT2D eigenvalue weighted by Gasteiger charge is 2.14. The van der Waals surface area contributed by atoms with E-state index in [1.165, 1.54) is 12.1 Å². The van der Waals surface area contributed by atoms with Gasteiger partial charge in [0, 0.05) is 16.2 Å². The minimum atomic E-state index is -0.448. The molecule has 0 fully saturated rings. The molecular formula is C9H10N2O4. The van der Waals surface area contributed by atoms with Gasteiger partial charge in [-0.25, -0.2) is 0 Å². The molecule has 6 heteroatoms. The Morgan fingerprint density at radius 1 is 1.40 bits per heavy atom. The van der Waals surface area contributed by atoms with Crippen LogP contribution in [0.1, 0.15) is 10.4 Å². The fourth-order valence-corrected chi connectivity index (χ4v) is 1.000. The van der Waals surface area contributed by atoms with Crippen molar-refractivity contribution in [3.63, 3.8) is 0 Å². The topological polar surface area (TPSA) is 107 Å². The standard InChI is InChI=1S/C9H8N2O3.H2O/c12-6-5-10-9(13)7-3-1-2-4-8(7)11-14;/h1-4,6H,5H2,(H,10,13);1H2. The van der Waals surface area contributed by atoms with E-state index in [1.54, 1.807) is 17.3 Å². The Labute approximate surface area is 85.6 Å². The molecule has 0 aliphatic rings. The van der Waals surface area contributed by atoms with E-state index in [4.69, 9.17) is 0 Å². The van der Waals surface area contributed by atoms with Crippen LogP contribution in [0.25, 0.3) is 0 Å². The maximum Gasteiger partial charge on any atom is 0.266 e. The summed E-state index contributed by atoms with van der Waals surface area (Å²) >= 11 is 0. The van der Waals surface area contributed by atoms with Gasteiger partial charge in [-0.2, -0.15) is 0 Å². The third kappa shape index (κ3) is 3.28. The van der Waals surface area contributed by atoms with Crippen LogP contribution in [-0.4, -0.2) is 24.2 Å². The van der Waals surface area contributed by atoms with Gasteiger partial charge in [-0.3, -0.25) is 4.79 Å². The molecule has 0 bridgehead atoms. The monoisotopic (exact) mass is 210 g/mol. The molecule has 0 spiro atoms. The second-order valence-corrected chi connectivity index (χ2v) is 2.52. The normalized spacial score (nSPS) is 8.53. The Hall–Kier alpha value is -2.08. The molecule has 1 aromatic carbocycles. The Morgan fingerprint density at radius 3 is 2.67 bits per heavy atom. The summed E-state index contributed by atoms with van der Waals surface area (Å²) in [6, 6.07) is 6.26. The average Bonchev–Trinajstić information content (AvgIpc) is 2.25. The zero-order chi connectivity index (χ0) is 10.4. The van der Waals surface area contributed by atoms with Crippen LogP contribution in [-0.2, 0) is 4.79 Å². The van der Waals surface area contributed by atoms with Crippen LogP contribution >= 0.6 is 0 Å². The van der Waals surface area contributed by atoms with Crippen LogP contribution in [0.4, 0.5) is 5.69 Å². The van der Waals surface area contributed by atoms with Gasteiger partial charge in [-0.1, -0.05) is 12.1 Å². The number of carbonyl (C=O) groups excluding carboxylic acids is 2. The SMILES string of the molecule is O=CCNC(=O)c1ccccc1[NH+]=O.[OH-]. The van der Waals surface area contributed by atoms with Crippen LogP contribution in [0.5, 0.6) is 0 Å². The molecule has 0 aromatic heterocycles. The first-order valence-electron chi connectivity index (χ1n) is 3.98. The van der Waals surface area contributed by atoms with Gasteiger partial charge in [-0.05, 0) is 6.07 Å². The number of amides is 1. The van der Waals surface area contributed by atoms with E-state index in [1.807, 2.05) is 0 Å². The number of rotatable bonds is 4. The Balaban J connectivity index is 0.00000196. The van der Waals surface area contributed by atoms with Crippen molar-refractivity contribution in [3.8, 4) is 0 Å². The fraction of sp³-hybridized carbons (Fsp3) is 0.111. The largest absolute Gasteiger partial charge is 0.870 e. The van der Waals surface area contributed by atoms with Crippen molar-refractivity contribution in [1.82, 2.24) is 5.32 Å². The molecule has 0 unspecified atom stereocenters. The van der Waals surface area contributed by atoms with Crippen molar-refractivity contribution in [2.24, 2.45) is 0 Å². The molecule has 0 aliphatic heterocycles. The number of hydrogen-bond acceptors (Lipinski definition) is 4. The molecule has 80 valence electrons. The number of para-hydroxylation sites is 1. The predicted octanol–water partition coefficient (Wildman–Crippen LogP) is -1.08. The zero-order valence-corrected chi connectivity index (χ0v) is 7.77.